The van der Waals surface area contributed by atoms with Crippen molar-refractivity contribution in [2.75, 3.05) is 0 Å². The van der Waals surface area contributed by atoms with Crippen LogP contribution in [0.15, 0.2) is 65.1 Å². The Kier molecular flexibility index (Phi) is 7.12. The largest absolute Gasteiger partial charge is 0.303 e. The molecule has 0 aliphatic carbocycles. The molecule has 0 saturated heterocycles. The van der Waals surface area contributed by atoms with Crippen LogP contribution >= 0.6 is 11.3 Å². The van der Waals surface area contributed by atoms with Crippen LogP contribution in [-0.2, 0) is 0 Å². The van der Waals surface area contributed by atoms with Gasteiger partial charge in [0, 0.05) is 16.5 Å². The monoisotopic (exact) mass is 401 g/mol. The van der Waals surface area contributed by atoms with Crippen LogP contribution in [-0.4, -0.2) is 21.4 Å². The molecule has 0 radical (unpaired) electrons. The van der Waals surface area contributed by atoms with E-state index in [0.717, 1.165) is 22.6 Å². The average Bonchev–Trinajstić information content (AvgIpc) is 3.24. The second kappa shape index (κ2) is 9.32. The van der Waals surface area contributed by atoms with Crippen molar-refractivity contribution >= 4 is 23.0 Å². The summed E-state index contributed by atoms with van der Waals surface area (Å²) >= 11 is 1.51. The molecule has 2 rings (SSSR count). The molecule has 4 nitrogen and oxygen atoms in total. The van der Waals surface area contributed by atoms with E-state index in [1.165, 1.54) is 48.1 Å². The number of rotatable bonds is 6. The van der Waals surface area contributed by atoms with E-state index in [9.17, 15) is 13.6 Å². The molecule has 7 heteroatoms. The van der Waals surface area contributed by atoms with Crippen LogP contribution in [0.4, 0.5) is 8.78 Å². The normalized spacial score (nSPS) is 13.4. The topological polar surface area (TPSA) is 58.7 Å². The Morgan fingerprint density at radius 2 is 1.89 bits per heavy atom. The van der Waals surface area contributed by atoms with Gasteiger partial charge in [-0.05, 0) is 56.9 Å². The molecule has 0 aliphatic heterocycles. The van der Waals surface area contributed by atoms with Crippen molar-refractivity contribution in [1.82, 2.24) is 9.78 Å². The third kappa shape index (κ3) is 5.07. The number of hydrogen-bond acceptors (Lipinski definition) is 4. The Hall–Kier alpha value is -2.93. The number of aryl methyl sites for hydroxylation is 1. The number of halogens is 2. The number of hydrogen-bond donors (Lipinski definition) is 1. The van der Waals surface area contributed by atoms with Crippen molar-refractivity contribution < 1.29 is 13.6 Å². The van der Waals surface area contributed by atoms with Gasteiger partial charge >= 0.3 is 0 Å². The molecule has 0 aliphatic rings. The van der Waals surface area contributed by atoms with Crippen LogP contribution in [0.5, 0.6) is 0 Å². The van der Waals surface area contributed by atoms with E-state index in [4.69, 9.17) is 5.41 Å². The molecule has 0 amide bonds. The number of carbonyl (C=O) groups is 1. The fourth-order valence-electron chi connectivity index (χ4n) is 2.60. The van der Waals surface area contributed by atoms with E-state index < -0.39 is 17.6 Å². The number of nitrogens with one attached hydrogen (secondary N) is 1. The molecular weight excluding hydrogens is 380 g/mol. The summed E-state index contributed by atoms with van der Waals surface area (Å²) in [5.41, 5.74) is 2.22. The summed E-state index contributed by atoms with van der Waals surface area (Å²) < 4.78 is 27.8. The Morgan fingerprint density at radius 3 is 2.46 bits per heavy atom. The third-order valence-electron chi connectivity index (χ3n) is 3.78. The molecule has 0 saturated carbocycles. The highest BCUT2D eigenvalue weighted by molar-refractivity contribution is 7.13. The van der Waals surface area contributed by atoms with E-state index in [1.54, 1.807) is 13.8 Å². The number of nitrogens with zero attached hydrogens (tertiary/aromatic N) is 2. The van der Waals surface area contributed by atoms with Crippen LogP contribution in [0.3, 0.4) is 0 Å². The lowest BCUT2D eigenvalue weighted by Crippen LogP contribution is -2.15. The molecule has 1 N–H and O–H groups in total. The van der Waals surface area contributed by atoms with Gasteiger partial charge in [-0.15, -0.1) is 11.3 Å². The molecule has 0 atom stereocenters. The number of thiophene rings is 1. The van der Waals surface area contributed by atoms with Gasteiger partial charge in [-0.3, -0.25) is 4.79 Å². The van der Waals surface area contributed by atoms with Gasteiger partial charge < -0.3 is 5.41 Å². The predicted octanol–water partition coefficient (Wildman–Crippen LogP) is 6.18. The summed E-state index contributed by atoms with van der Waals surface area (Å²) in [6.45, 7) is 6.08. The van der Waals surface area contributed by atoms with Crippen molar-refractivity contribution in [2.45, 2.75) is 27.7 Å². The van der Waals surface area contributed by atoms with E-state index in [1.807, 2.05) is 17.5 Å². The van der Waals surface area contributed by atoms with Crippen molar-refractivity contribution in [3.63, 3.8) is 0 Å². The maximum absolute atomic E-state index is 13.8. The van der Waals surface area contributed by atoms with Crippen LogP contribution in [0.1, 0.15) is 37.0 Å². The Bertz CT molecular complexity index is 1000. The molecule has 0 aromatic carbocycles. The lowest BCUT2D eigenvalue weighted by atomic mass is 10.1. The number of carbonyl (C=O) groups excluding carboxylic acids is 1. The van der Waals surface area contributed by atoms with Crippen molar-refractivity contribution in [1.29, 1.82) is 5.41 Å². The van der Waals surface area contributed by atoms with Gasteiger partial charge in [0.05, 0.1) is 22.9 Å². The molecule has 146 valence electrons. The lowest BCUT2D eigenvalue weighted by Gasteiger charge is -2.04. The summed E-state index contributed by atoms with van der Waals surface area (Å²) in [5.74, 6) is -1.53. The maximum Gasteiger partial charge on any atom is 0.271 e. The van der Waals surface area contributed by atoms with Gasteiger partial charge in [0.2, 0.25) is 0 Å². The lowest BCUT2D eigenvalue weighted by molar-refractivity contribution is 0.0953. The van der Waals surface area contributed by atoms with Crippen LogP contribution < -0.4 is 0 Å². The first-order valence-electron chi connectivity index (χ1n) is 8.50. The van der Waals surface area contributed by atoms with Gasteiger partial charge in [0.15, 0.2) is 0 Å². The molecule has 0 unspecified atom stereocenters. The smallest absolute Gasteiger partial charge is 0.271 e. The summed E-state index contributed by atoms with van der Waals surface area (Å²) in [6, 6.07) is 3.82. The second-order valence-corrected chi connectivity index (χ2v) is 7.09. The minimum absolute atomic E-state index is 0.154. The number of aromatic nitrogens is 2. The van der Waals surface area contributed by atoms with E-state index in [-0.39, 0.29) is 11.3 Å². The molecule has 28 heavy (non-hydrogen) atoms. The highest BCUT2D eigenvalue weighted by atomic mass is 32.1. The Labute approximate surface area is 166 Å². The van der Waals surface area contributed by atoms with Gasteiger partial charge in [-0.25, -0.2) is 8.78 Å². The van der Waals surface area contributed by atoms with Crippen LogP contribution in [0, 0.1) is 12.3 Å². The molecular formula is C21H21F2N3OS. The highest BCUT2D eigenvalue weighted by Gasteiger charge is 2.21. The first kappa shape index (κ1) is 21.4. The zero-order valence-corrected chi connectivity index (χ0v) is 16.9. The second-order valence-electron chi connectivity index (χ2n) is 6.14. The highest BCUT2D eigenvalue weighted by Crippen LogP contribution is 2.31. The predicted molar refractivity (Wildman–Crippen MR) is 110 cm³/mol. The molecule has 0 fully saturated rings. The van der Waals surface area contributed by atoms with Gasteiger partial charge in [-0.2, -0.15) is 9.78 Å². The minimum atomic E-state index is -0.597. The van der Waals surface area contributed by atoms with Gasteiger partial charge in [0.25, 0.3) is 5.91 Å². The van der Waals surface area contributed by atoms with Crippen molar-refractivity contribution in [3.8, 4) is 10.4 Å². The standard InChI is InChI=1S/C21H21F2N3OS/c1-13(12-14(2)22)17(23)8-5-6-10-19(27)26-21(15(3)24)20(16(4)25-26)18-9-7-11-28-18/h5-12,24H,1-4H3/b8-5+,10-6+,14-12+,17-13+,24-15?. The minimum Gasteiger partial charge on any atom is -0.303 e. The van der Waals surface area contributed by atoms with E-state index in [0.29, 0.717) is 11.4 Å². The first-order chi connectivity index (χ1) is 13.2. The first-order valence-corrected chi connectivity index (χ1v) is 9.38. The Morgan fingerprint density at radius 1 is 1.21 bits per heavy atom. The molecule has 0 spiro atoms. The summed E-state index contributed by atoms with van der Waals surface area (Å²) in [7, 11) is 0. The zero-order chi connectivity index (χ0) is 20.8. The molecule has 2 heterocycles. The van der Waals surface area contributed by atoms with Gasteiger partial charge in [0.1, 0.15) is 5.83 Å². The van der Waals surface area contributed by atoms with Gasteiger partial charge in [-0.1, -0.05) is 18.2 Å². The third-order valence-corrected chi connectivity index (χ3v) is 4.66. The van der Waals surface area contributed by atoms with E-state index >= 15 is 0 Å². The molecule has 2 aromatic heterocycles. The summed E-state index contributed by atoms with van der Waals surface area (Å²) in [6.07, 6.45) is 6.21. The van der Waals surface area contributed by atoms with E-state index in [2.05, 4.69) is 5.10 Å². The zero-order valence-electron chi connectivity index (χ0n) is 16.1. The fraction of sp³-hybridized carbons (Fsp3) is 0.190. The summed E-state index contributed by atoms with van der Waals surface area (Å²) in [5, 5.41) is 14.3. The average molecular weight is 401 g/mol. The summed E-state index contributed by atoms with van der Waals surface area (Å²) in [4.78, 5) is 13.5. The van der Waals surface area contributed by atoms with Crippen LogP contribution in [0.25, 0.3) is 10.4 Å². The molecule has 2 aromatic rings. The SMILES string of the molecule is CC(=N)c1c(-c2cccs2)c(C)nn1C(=O)/C=C/C=C/C(F)=C(C)\C=C(/C)F. The van der Waals surface area contributed by atoms with Crippen LogP contribution in [0.2, 0.25) is 0 Å². The Balaban J connectivity index is 2.29. The molecule has 0 bridgehead atoms. The van der Waals surface area contributed by atoms with Crippen molar-refractivity contribution in [2.24, 2.45) is 0 Å². The fourth-order valence-corrected chi connectivity index (χ4v) is 3.42. The maximum atomic E-state index is 13.8. The van der Waals surface area contributed by atoms with Crippen molar-refractivity contribution in [3.05, 3.63) is 76.5 Å². The quantitative estimate of drug-likeness (QED) is 0.357. The number of allylic oxidation sites excluding steroid dienone is 8.